The summed E-state index contributed by atoms with van der Waals surface area (Å²) in [5.41, 5.74) is 0.907. The van der Waals surface area contributed by atoms with Gasteiger partial charge in [0.05, 0.1) is 18.5 Å². The van der Waals surface area contributed by atoms with Gasteiger partial charge in [-0.2, -0.15) is 0 Å². The third-order valence-corrected chi connectivity index (χ3v) is 3.31. The Hall–Kier alpha value is -1.74. The van der Waals surface area contributed by atoms with E-state index in [1.807, 2.05) is 36.4 Å². The number of aryl methyl sites for hydroxylation is 1. The van der Waals surface area contributed by atoms with Gasteiger partial charge in [-0.3, -0.25) is 0 Å². The lowest BCUT2D eigenvalue weighted by Crippen LogP contribution is -2.01. The Kier molecular flexibility index (Phi) is 3.56. The zero-order chi connectivity index (χ0) is 13.1. The Morgan fingerprint density at radius 1 is 1.26 bits per heavy atom. The highest BCUT2D eigenvalue weighted by molar-refractivity contribution is 5.30. The maximum absolute atomic E-state index is 10.2. The van der Waals surface area contributed by atoms with Crippen LogP contribution in [0.4, 0.5) is 0 Å². The first-order chi connectivity index (χ1) is 9.31. The van der Waals surface area contributed by atoms with Crippen LogP contribution in [0.2, 0.25) is 0 Å². The molecule has 0 saturated heterocycles. The van der Waals surface area contributed by atoms with Crippen molar-refractivity contribution in [1.29, 1.82) is 0 Å². The summed E-state index contributed by atoms with van der Waals surface area (Å²) in [4.78, 5) is 0. The van der Waals surface area contributed by atoms with E-state index in [1.165, 1.54) is 0 Å². The second-order valence-corrected chi connectivity index (χ2v) is 5.02. The van der Waals surface area contributed by atoms with Crippen LogP contribution in [0.1, 0.15) is 36.7 Å². The van der Waals surface area contributed by atoms with Gasteiger partial charge in [0.2, 0.25) is 0 Å². The van der Waals surface area contributed by atoms with Crippen molar-refractivity contribution in [2.75, 3.05) is 0 Å². The van der Waals surface area contributed by atoms with Gasteiger partial charge in [0.1, 0.15) is 11.5 Å². The molecule has 1 N–H and O–H groups in total. The van der Waals surface area contributed by atoms with Crippen LogP contribution in [0.25, 0.3) is 0 Å². The molecule has 1 saturated carbocycles. The van der Waals surface area contributed by atoms with E-state index in [4.69, 9.17) is 9.15 Å². The van der Waals surface area contributed by atoms with E-state index >= 15 is 0 Å². The maximum atomic E-state index is 10.2. The number of hydrogen-bond acceptors (Lipinski definition) is 3. The van der Waals surface area contributed by atoms with Crippen LogP contribution in [0, 0.1) is 0 Å². The van der Waals surface area contributed by atoms with Crippen molar-refractivity contribution in [3.8, 4) is 5.75 Å². The third-order valence-electron chi connectivity index (χ3n) is 3.31. The Bertz CT molecular complexity index is 515. The van der Waals surface area contributed by atoms with Gasteiger partial charge in [-0.05, 0) is 49.1 Å². The summed E-state index contributed by atoms with van der Waals surface area (Å²) < 4.78 is 11.0. The zero-order valence-electron chi connectivity index (χ0n) is 10.8. The fourth-order valence-corrected chi connectivity index (χ4v) is 2.07. The van der Waals surface area contributed by atoms with E-state index in [1.54, 1.807) is 6.26 Å². The summed E-state index contributed by atoms with van der Waals surface area (Å²) >= 11 is 0. The van der Waals surface area contributed by atoms with Gasteiger partial charge in [0, 0.05) is 6.42 Å². The maximum Gasteiger partial charge on any atom is 0.120 e. The number of ether oxygens (including phenoxy) is 1. The van der Waals surface area contributed by atoms with Crippen molar-refractivity contribution in [3.63, 3.8) is 0 Å². The summed E-state index contributed by atoms with van der Waals surface area (Å²) in [6, 6.07) is 11.5. The number of rotatable bonds is 6. The minimum atomic E-state index is -0.479. The summed E-state index contributed by atoms with van der Waals surface area (Å²) in [6.45, 7) is 0. The second kappa shape index (κ2) is 5.49. The lowest BCUT2D eigenvalue weighted by molar-refractivity contribution is 0.165. The molecular weight excluding hydrogens is 240 g/mol. The molecule has 3 rings (SSSR count). The molecule has 1 atom stereocenters. The molecule has 1 fully saturated rings. The third kappa shape index (κ3) is 3.38. The normalized spacial score (nSPS) is 16.3. The summed E-state index contributed by atoms with van der Waals surface area (Å²) in [5.74, 6) is 1.77. The Labute approximate surface area is 112 Å². The summed E-state index contributed by atoms with van der Waals surface area (Å²) in [6.07, 6.45) is 5.24. The van der Waals surface area contributed by atoms with Crippen molar-refractivity contribution in [2.24, 2.45) is 0 Å². The molecule has 0 radical (unpaired) electrons. The molecule has 1 aromatic heterocycles. The van der Waals surface area contributed by atoms with Crippen molar-refractivity contribution in [1.82, 2.24) is 0 Å². The Morgan fingerprint density at radius 3 is 2.89 bits per heavy atom. The largest absolute Gasteiger partial charge is 0.490 e. The van der Waals surface area contributed by atoms with Gasteiger partial charge in [0.15, 0.2) is 0 Å². The van der Waals surface area contributed by atoms with Gasteiger partial charge < -0.3 is 14.3 Å². The van der Waals surface area contributed by atoms with E-state index in [0.717, 1.165) is 36.3 Å². The van der Waals surface area contributed by atoms with Gasteiger partial charge in [-0.25, -0.2) is 0 Å². The van der Waals surface area contributed by atoms with Gasteiger partial charge in [-0.1, -0.05) is 12.1 Å². The number of hydrogen-bond donors (Lipinski definition) is 1. The second-order valence-electron chi connectivity index (χ2n) is 5.02. The Balaban J connectivity index is 1.60. The molecule has 100 valence electrons. The highest BCUT2D eigenvalue weighted by Crippen LogP contribution is 2.29. The molecule has 1 aliphatic rings. The van der Waals surface area contributed by atoms with Crippen molar-refractivity contribution in [2.45, 2.75) is 37.9 Å². The lowest BCUT2D eigenvalue weighted by Gasteiger charge is -2.12. The fourth-order valence-electron chi connectivity index (χ4n) is 2.07. The van der Waals surface area contributed by atoms with Crippen LogP contribution in [-0.4, -0.2) is 11.2 Å². The fraction of sp³-hybridized carbons (Fsp3) is 0.375. The number of aliphatic hydroxyl groups is 1. The molecule has 3 heteroatoms. The molecule has 19 heavy (non-hydrogen) atoms. The minimum absolute atomic E-state index is 0.385. The molecule has 1 aliphatic carbocycles. The molecule has 3 nitrogen and oxygen atoms in total. The number of aliphatic hydroxyl groups excluding tert-OH is 1. The van der Waals surface area contributed by atoms with Crippen LogP contribution >= 0.6 is 0 Å². The first-order valence-corrected chi connectivity index (χ1v) is 6.78. The van der Waals surface area contributed by atoms with Crippen molar-refractivity contribution < 1.29 is 14.3 Å². The molecule has 0 bridgehead atoms. The first-order valence-electron chi connectivity index (χ1n) is 6.78. The van der Waals surface area contributed by atoms with Gasteiger partial charge in [0.25, 0.3) is 0 Å². The van der Waals surface area contributed by atoms with Gasteiger partial charge >= 0.3 is 0 Å². The lowest BCUT2D eigenvalue weighted by atomic mass is 10.0. The topological polar surface area (TPSA) is 42.6 Å². The average molecular weight is 258 g/mol. The van der Waals surface area contributed by atoms with Crippen LogP contribution < -0.4 is 4.74 Å². The number of furan rings is 1. The van der Waals surface area contributed by atoms with Crippen LogP contribution in [0.15, 0.2) is 47.1 Å². The quantitative estimate of drug-likeness (QED) is 0.862. The van der Waals surface area contributed by atoms with Gasteiger partial charge in [-0.15, -0.1) is 0 Å². The van der Waals surface area contributed by atoms with Crippen LogP contribution in [0.3, 0.4) is 0 Å². The van der Waals surface area contributed by atoms with Crippen LogP contribution in [0.5, 0.6) is 5.75 Å². The smallest absolute Gasteiger partial charge is 0.120 e. The molecule has 0 amide bonds. The molecule has 1 aromatic carbocycles. The minimum Gasteiger partial charge on any atom is -0.490 e. The molecule has 1 heterocycles. The standard InChI is InChI=1S/C16H18O3/c17-16(9-8-13-5-2-10-18-13)12-3-1-4-15(11-12)19-14-6-7-14/h1-5,10-11,14,16-17H,6-9H2. The van der Waals surface area contributed by atoms with E-state index in [-0.39, 0.29) is 0 Å². The van der Waals surface area contributed by atoms with E-state index in [0.29, 0.717) is 12.5 Å². The predicted molar refractivity (Wildman–Crippen MR) is 72.1 cm³/mol. The highest BCUT2D eigenvalue weighted by Gasteiger charge is 2.23. The summed E-state index contributed by atoms with van der Waals surface area (Å²) in [7, 11) is 0. The SMILES string of the molecule is OC(CCc1ccco1)c1cccc(OC2CC2)c1. The summed E-state index contributed by atoms with van der Waals surface area (Å²) in [5, 5.41) is 10.2. The van der Waals surface area contributed by atoms with Crippen molar-refractivity contribution >= 4 is 0 Å². The van der Waals surface area contributed by atoms with E-state index in [9.17, 15) is 5.11 Å². The Morgan fingerprint density at radius 2 is 2.16 bits per heavy atom. The van der Waals surface area contributed by atoms with Crippen molar-refractivity contribution in [3.05, 3.63) is 54.0 Å². The molecule has 1 unspecified atom stereocenters. The molecule has 0 aliphatic heterocycles. The first kappa shape index (κ1) is 12.3. The number of benzene rings is 1. The molecule has 0 spiro atoms. The highest BCUT2D eigenvalue weighted by atomic mass is 16.5. The van der Waals surface area contributed by atoms with E-state index < -0.39 is 6.10 Å². The zero-order valence-corrected chi connectivity index (χ0v) is 10.8. The monoisotopic (exact) mass is 258 g/mol. The average Bonchev–Trinajstić information content (AvgIpc) is 3.08. The predicted octanol–water partition coefficient (Wildman–Crippen LogP) is 3.49. The van der Waals surface area contributed by atoms with E-state index in [2.05, 4.69) is 0 Å². The van der Waals surface area contributed by atoms with Crippen LogP contribution in [-0.2, 0) is 6.42 Å². The molecular formula is C16H18O3. The molecule has 2 aromatic rings.